The van der Waals surface area contributed by atoms with E-state index in [1.807, 2.05) is 12.1 Å². The maximum Gasteiger partial charge on any atom is 0.277 e. The molecular formula is C21H25N3O3. The first-order valence-corrected chi connectivity index (χ1v) is 9.18. The fraction of sp³-hybridized carbons (Fsp3) is 0.333. The molecule has 1 heterocycles. The van der Waals surface area contributed by atoms with Gasteiger partial charge in [-0.25, -0.2) is 5.43 Å². The number of benzene rings is 2. The molecule has 1 N–H and O–H groups in total. The predicted molar refractivity (Wildman–Crippen MR) is 107 cm³/mol. The molecule has 1 aliphatic rings. The number of carbonyl (C=O) groups excluding carboxylic acids is 1. The van der Waals surface area contributed by atoms with Crippen LogP contribution in [0, 0.1) is 0 Å². The third kappa shape index (κ3) is 5.74. The van der Waals surface area contributed by atoms with Crippen LogP contribution < -0.4 is 19.8 Å². The highest BCUT2D eigenvalue weighted by Gasteiger charge is 2.10. The van der Waals surface area contributed by atoms with Gasteiger partial charge in [-0.2, -0.15) is 5.10 Å². The van der Waals surface area contributed by atoms with Crippen molar-refractivity contribution in [3.8, 4) is 11.5 Å². The minimum Gasteiger partial charge on any atom is -0.497 e. The summed E-state index contributed by atoms with van der Waals surface area (Å²) in [7, 11) is 1.60. The molecule has 6 heteroatoms. The average molecular weight is 367 g/mol. The zero-order valence-electron chi connectivity index (χ0n) is 15.6. The van der Waals surface area contributed by atoms with Crippen LogP contribution in [0.4, 0.5) is 5.69 Å². The van der Waals surface area contributed by atoms with E-state index in [1.54, 1.807) is 37.6 Å². The third-order valence-corrected chi connectivity index (χ3v) is 4.45. The molecule has 142 valence electrons. The van der Waals surface area contributed by atoms with E-state index in [4.69, 9.17) is 9.47 Å². The summed E-state index contributed by atoms with van der Waals surface area (Å²) in [4.78, 5) is 14.2. The van der Waals surface area contributed by atoms with Gasteiger partial charge in [-0.1, -0.05) is 12.1 Å². The van der Waals surface area contributed by atoms with Crippen LogP contribution in [0.2, 0.25) is 0 Å². The molecule has 1 saturated heterocycles. The van der Waals surface area contributed by atoms with Crippen LogP contribution in [-0.2, 0) is 4.79 Å². The maximum atomic E-state index is 11.8. The largest absolute Gasteiger partial charge is 0.497 e. The number of hydrazone groups is 1. The molecule has 0 aromatic heterocycles. The number of carbonyl (C=O) groups is 1. The maximum absolute atomic E-state index is 11.8. The third-order valence-electron chi connectivity index (χ3n) is 4.45. The fourth-order valence-electron chi connectivity index (χ4n) is 2.96. The Kier molecular flexibility index (Phi) is 6.68. The van der Waals surface area contributed by atoms with Crippen LogP contribution in [0.3, 0.4) is 0 Å². The highest BCUT2D eigenvalue weighted by Crippen LogP contribution is 2.20. The Hall–Kier alpha value is -3.02. The number of nitrogens with one attached hydrogen (secondary N) is 1. The van der Waals surface area contributed by atoms with Gasteiger partial charge in [-0.3, -0.25) is 4.79 Å². The van der Waals surface area contributed by atoms with Crippen molar-refractivity contribution < 1.29 is 14.3 Å². The van der Waals surface area contributed by atoms with Crippen molar-refractivity contribution in [2.24, 2.45) is 5.10 Å². The van der Waals surface area contributed by atoms with E-state index >= 15 is 0 Å². The number of anilines is 1. The van der Waals surface area contributed by atoms with Gasteiger partial charge >= 0.3 is 0 Å². The number of piperidine rings is 1. The Morgan fingerprint density at radius 2 is 1.70 bits per heavy atom. The molecule has 0 spiro atoms. The van der Waals surface area contributed by atoms with Crippen molar-refractivity contribution in [3.63, 3.8) is 0 Å². The Balaban J connectivity index is 1.43. The topological polar surface area (TPSA) is 63.2 Å². The Labute approximate surface area is 159 Å². The van der Waals surface area contributed by atoms with Crippen molar-refractivity contribution in [3.05, 3.63) is 54.1 Å². The average Bonchev–Trinajstić information content (AvgIpc) is 2.74. The van der Waals surface area contributed by atoms with Crippen molar-refractivity contribution in [2.45, 2.75) is 19.3 Å². The summed E-state index contributed by atoms with van der Waals surface area (Å²) in [5, 5.41) is 3.99. The number of rotatable bonds is 7. The molecule has 1 aliphatic heterocycles. The zero-order chi connectivity index (χ0) is 18.9. The molecule has 2 aromatic rings. The summed E-state index contributed by atoms with van der Waals surface area (Å²) in [6.45, 7) is 2.15. The van der Waals surface area contributed by atoms with Crippen LogP contribution in [0.5, 0.6) is 11.5 Å². The monoisotopic (exact) mass is 367 g/mol. The quantitative estimate of drug-likeness (QED) is 0.603. The first-order valence-electron chi connectivity index (χ1n) is 9.18. The second-order valence-corrected chi connectivity index (χ2v) is 6.40. The van der Waals surface area contributed by atoms with Gasteiger partial charge in [0.1, 0.15) is 11.5 Å². The van der Waals surface area contributed by atoms with Gasteiger partial charge < -0.3 is 14.4 Å². The lowest BCUT2D eigenvalue weighted by Gasteiger charge is -2.28. The van der Waals surface area contributed by atoms with E-state index in [0.717, 1.165) is 24.4 Å². The lowest BCUT2D eigenvalue weighted by Crippen LogP contribution is -2.29. The smallest absolute Gasteiger partial charge is 0.277 e. The number of hydrogen-bond acceptors (Lipinski definition) is 5. The molecule has 0 atom stereocenters. The summed E-state index contributed by atoms with van der Waals surface area (Å²) < 4.78 is 10.5. The molecule has 6 nitrogen and oxygen atoms in total. The predicted octanol–water partition coefficient (Wildman–Crippen LogP) is 3.21. The van der Waals surface area contributed by atoms with E-state index in [-0.39, 0.29) is 12.5 Å². The highest BCUT2D eigenvalue weighted by molar-refractivity contribution is 5.83. The fourth-order valence-corrected chi connectivity index (χ4v) is 2.96. The van der Waals surface area contributed by atoms with E-state index < -0.39 is 0 Å². The van der Waals surface area contributed by atoms with Crippen molar-refractivity contribution >= 4 is 17.8 Å². The van der Waals surface area contributed by atoms with Crippen LogP contribution >= 0.6 is 0 Å². The van der Waals surface area contributed by atoms with Gasteiger partial charge in [0, 0.05) is 18.8 Å². The number of amides is 1. The van der Waals surface area contributed by atoms with E-state index in [0.29, 0.717) is 5.75 Å². The first kappa shape index (κ1) is 18.8. The summed E-state index contributed by atoms with van der Waals surface area (Å²) >= 11 is 0. The van der Waals surface area contributed by atoms with Gasteiger partial charge in [0.05, 0.1) is 13.3 Å². The molecule has 0 saturated carbocycles. The van der Waals surface area contributed by atoms with Crippen LogP contribution in [0.25, 0.3) is 0 Å². The van der Waals surface area contributed by atoms with Crippen LogP contribution in [-0.4, -0.2) is 38.9 Å². The van der Waals surface area contributed by atoms with Crippen molar-refractivity contribution in [2.75, 3.05) is 31.7 Å². The minimum absolute atomic E-state index is 0.0996. The molecule has 0 radical (unpaired) electrons. The molecule has 1 fully saturated rings. The van der Waals surface area contributed by atoms with E-state index in [9.17, 15) is 4.79 Å². The van der Waals surface area contributed by atoms with Gasteiger partial charge in [-0.05, 0) is 61.2 Å². The Bertz CT molecular complexity index is 751. The number of hydrogen-bond donors (Lipinski definition) is 1. The van der Waals surface area contributed by atoms with Crippen molar-refractivity contribution in [1.82, 2.24) is 5.43 Å². The number of methoxy groups -OCH3 is 1. The van der Waals surface area contributed by atoms with Crippen LogP contribution in [0.15, 0.2) is 53.6 Å². The molecular weight excluding hydrogens is 342 g/mol. The first-order chi connectivity index (χ1) is 13.2. The molecule has 27 heavy (non-hydrogen) atoms. The second kappa shape index (κ2) is 9.62. The minimum atomic E-state index is -0.313. The standard InChI is InChI=1S/C21H25N3O3/c1-26-19-9-11-20(12-10-19)27-16-21(25)23-22-15-17-5-7-18(8-6-17)24-13-3-2-4-14-24/h5-12,15H,2-4,13-14,16H2,1H3,(H,23,25)/b22-15-. The van der Waals surface area contributed by atoms with Crippen molar-refractivity contribution in [1.29, 1.82) is 0 Å². The Morgan fingerprint density at radius 1 is 1.04 bits per heavy atom. The molecule has 2 aromatic carbocycles. The SMILES string of the molecule is COc1ccc(OCC(=O)N/N=C\c2ccc(N3CCCCC3)cc2)cc1. The van der Waals surface area contributed by atoms with E-state index in [2.05, 4.69) is 27.6 Å². The van der Waals surface area contributed by atoms with Crippen LogP contribution in [0.1, 0.15) is 24.8 Å². The lowest BCUT2D eigenvalue weighted by atomic mass is 10.1. The molecule has 0 unspecified atom stereocenters. The summed E-state index contributed by atoms with van der Waals surface area (Å²) in [5.74, 6) is 1.03. The summed E-state index contributed by atoms with van der Waals surface area (Å²) in [5.41, 5.74) is 4.65. The Morgan fingerprint density at radius 3 is 2.37 bits per heavy atom. The van der Waals surface area contributed by atoms with E-state index in [1.165, 1.54) is 24.9 Å². The van der Waals surface area contributed by atoms with Gasteiger partial charge in [0.25, 0.3) is 5.91 Å². The number of ether oxygens (including phenoxy) is 2. The molecule has 0 aliphatic carbocycles. The lowest BCUT2D eigenvalue weighted by molar-refractivity contribution is -0.123. The summed E-state index contributed by atoms with van der Waals surface area (Å²) in [6.07, 6.45) is 5.47. The normalized spacial score (nSPS) is 14.2. The van der Waals surface area contributed by atoms with Gasteiger partial charge in [-0.15, -0.1) is 0 Å². The molecule has 0 bridgehead atoms. The summed E-state index contributed by atoms with van der Waals surface area (Å²) in [6, 6.07) is 15.3. The second-order valence-electron chi connectivity index (χ2n) is 6.40. The van der Waals surface area contributed by atoms with Gasteiger partial charge in [0.15, 0.2) is 6.61 Å². The highest BCUT2D eigenvalue weighted by atomic mass is 16.5. The number of nitrogens with zero attached hydrogens (tertiary/aromatic N) is 2. The van der Waals surface area contributed by atoms with Gasteiger partial charge in [0.2, 0.25) is 0 Å². The molecule has 1 amide bonds. The molecule has 3 rings (SSSR count). The zero-order valence-corrected chi connectivity index (χ0v) is 15.6.